The summed E-state index contributed by atoms with van der Waals surface area (Å²) in [6.07, 6.45) is 3.73. The summed E-state index contributed by atoms with van der Waals surface area (Å²) < 4.78 is 40.6. The molecule has 0 heterocycles. The smallest absolute Gasteiger partial charge is 0.372 e. The lowest BCUT2D eigenvalue weighted by Crippen LogP contribution is -2.33. The van der Waals surface area contributed by atoms with E-state index in [-0.39, 0.29) is 6.61 Å². The van der Waals surface area contributed by atoms with Crippen molar-refractivity contribution in [3.8, 4) is 0 Å². The molecule has 1 atom stereocenters. The topological polar surface area (TPSA) is 21.3 Å². The monoisotopic (exact) mass is 281 g/mol. The molecule has 19 heavy (non-hydrogen) atoms. The maximum absolute atomic E-state index is 12.0. The zero-order chi connectivity index (χ0) is 14.1. The second-order valence-electron chi connectivity index (χ2n) is 5.49. The van der Waals surface area contributed by atoms with Gasteiger partial charge in [0, 0.05) is 12.6 Å². The summed E-state index contributed by atoms with van der Waals surface area (Å²) in [4.78, 5) is 0. The minimum Gasteiger partial charge on any atom is -0.372 e. The van der Waals surface area contributed by atoms with Gasteiger partial charge in [0.15, 0.2) is 0 Å². The van der Waals surface area contributed by atoms with E-state index in [1.165, 1.54) is 25.7 Å². The molecular weight excluding hydrogens is 255 g/mol. The van der Waals surface area contributed by atoms with Gasteiger partial charge >= 0.3 is 6.18 Å². The van der Waals surface area contributed by atoms with Crippen LogP contribution in [0.1, 0.15) is 51.9 Å². The number of hydrogen-bond donors (Lipinski definition) is 1. The number of rotatable bonds is 9. The number of halogens is 3. The molecular formula is C14H26F3NO. The van der Waals surface area contributed by atoms with E-state index in [1.54, 1.807) is 0 Å². The third-order valence-corrected chi connectivity index (χ3v) is 3.65. The Morgan fingerprint density at radius 3 is 2.53 bits per heavy atom. The lowest BCUT2D eigenvalue weighted by atomic mass is 9.96. The second kappa shape index (κ2) is 8.80. The molecule has 1 N–H and O–H groups in total. The fraction of sp³-hybridized carbons (Fsp3) is 1.00. The van der Waals surface area contributed by atoms with E-state index < -0.39 is 12.8 Å². The summed E-state index contributed by atoms with van der Waals surface area (Å²) in [6, 6.07) is 0.302. The van der Waals surface area contributed by atoms with E-state index in [1.807, 2.05) is 0 Å². The van der Waals surface area contributed by atoms with Crippen molar-refractivity contribution in [1.82, 2.24) is 5.32 Å². The summed E-state index contributed by atoms with van der Waals surface area (Å²) in [5, 5.41) is 3.43. The lowest BCUT2D eigenvalue weighted by molar-refractivity contribution is -0.174. The van der Waals surface area contributed by atoms with Gasteiger partial charge in [-0.3, -0.25) is 0 Å². The highest BCUT2D eigenvalue weighted by molar-refractivity contribution is 4.75. The second-order valence-corrected chi connectivity index (χ2v) is 5.49. The third-order valence-electron chi connectivity index (χ3n) is 3.65. The standard InChI is InChI=1S/C14H26F3NO/c1-2-8-18-13(10-12-5-3-4-6-12)7-9-19-11-14(15,16)17/h12-13,18H,2-11H2,1H3. The van der Waals surface area contributed by atoms with Crippen molar-refractivity contribution in [2.24, 2.45) is 5.92 Å². The summed E-state index contributed by atoms with van der Waals surface area (Å²) in [5.41, 5.74) is 0. The van der Waals surface area contributed by atoms with Gasteiger partial charge in [0.1, 0.15) is 6.61 Å². The molecule has 0 aromatic carbocycles. The Morgan fingerprint density at radius 2 is 1.95 bits per heavy atom. The maximum Gasteiger partial charge on any atom is 0.411 e. The molecule has 0 aliphatic heterocycles. The third kappa shape index (κ3) is 8.47. The molecule has 0 bridgehead atoms. The Hall–Kier alpha value is -0.290. The van der Waals surface area contributed by atoms with E-state index in [2.05, 4.69) is 12.2 Å². The van der Waals surface area contributed by atoms with E-state index in [4.69, 9.17) is 4.74 Å². The van der Waals surface area contributed by atoms with Gasteiger partial charge in [0.2, 0.25) is 0 Å². The molecule has 0 aromatic rings. The number of alkyl halides is 3. The zero-order valence-electron chi connectivity index (χ0n) is 11.8. The SMILES string of the molecule is CCCNC(CCOCC(F)(F)F)CC1CCCC1. The Kier molecular flexibility index (Phi) is 7.76. The van der Waals surface area contributed by atoms with Crippen LogP contribution in [0.2, 0.25) is 0 Å². The predicted molar refractivity (Wildman–Crippen MR) is 70.1 cm³/mol. The Balaban J connectivity index is 2.20. The lowest BCUT2D eigenvalue weighted by Gasteiger charge is -2.22. The summed E-state index contributed by atoms with van der Waals surface area (Å²) >= 11 is 0. The van der Waals surface area contributed by atoms with Crippen molar-refractivity contribution in [2.45, 2.75) is 64.1 Å². The highest BCUT2D eigenvalue weighted by atomic mass is 19.4. The predicted octanol–water partition coefficient (Wildman–Crippen LogP) is 3.90. The van der Waals surface area contributed by atoms with Crippen molar-refractivity contribution in [3.05, 3.63) is 0 Å². The molecule has 1 aliphatic rings. The first-order valence-corrected chi connectivity index (χ1v) is 7.39. The van der Waals surface area contributed by atoms with Crippen LogP contribution >= 0.6 is 0 Å². The van der Waals surface area contributed by atoms with Crippen molar-refractivity contribution < 1.29 is 17.9 Å². The average Bonchev–Trinajstić information content (AvgIpc) is 2.82. The highest BCUT2D eigenvalue weighted by Gasteiger charge is 2.27. The first-order chi connectivity index (χ1) is 9.01. The normalized spacial score (nSPS) is 18.9. The summed E-state index contributed by atoms with van der Waals surface area (Å²) in [5.74, 6) is 0.747. The van der Waals surface area contributed by atoms with Gasteiger partial charge in [-0.25, -0.2) is 0 Å². The first-order valence-electron chi connectivity index (χ1n) is 7.39. The van der Waals surface area contributed by atoms with Crippen LogP contribution < -0.4 is 5.32 Å². The molecule has 0 saturated heterocycles. The van der Waals surface area contributed by atoms with Crippen LogP contribution in [0.4, 0.5) is 13.2 Å². The minimum atomic E-state index is -4.21. The van der Waals surface area contributed by atoms with Gasteiger partial charge in [-0.2, -0.15) is 13.2 Å². The van der Waals surface area contributed by atoms with Crippen LogP contribution in [-0.4, -0.2) is 32.0 Å². The van der Waals surface area contributed by atoms with Gasteiger partial charge in [-0.05, 0) is 31.7 Å². The van der Waals surface area contributed by atoms with Gasteiger partial charge in [0.25, 0.3) is 0 Å². The summed E-state index contributed by atoms with van der Waals surface area (Å²) in [7, 11) is 0. The molecule has 0 aromatic heterocycles. The van der Waals surface area contributed by atoms with Crippen LogP contribution in [-0.2, 0) is 4.74 Å². The Bertz CT molecular complexity index is 227. The van der Waals surface area contributed by atoms with Crippen LogP contribution in [0.25, 0.3) is 0 Å². The average molecular weight is 281 g/mol. The van der Waals surface area contributed by atoms with Crippen LogP contribution in [0, 0.1) is 5.92 Å². The van der Waals surface area contributed by atoms with Gasteiger partial charge in [-0.1, -0.05) is 32.6 Å². The summed E-state index contributed by atoms with van der Waals surface area (Å²) in [6.45, 7) is 2.08. The maximum atomic E-state index is 12.0. The minimum absolute atomic E-state index is 0.188. The number of hydrogen-bond acceptors (Lipinski definition) is 2. The first kappa shape index (κ1) is 16.8. The molecule has 0 amide bonds. The quantitative estimate of drug-likeness (QED) is 0.647. The fourth-order valence-electron chi connectivity index (χ4n) is 2.71. The largest absolute Gasteiger partial charge is 0.411 e. The molecule has 0 spiro atoms. The van der Waals surface area contributed by atoms with Crippen molar-refractivity contribution in [1.29, 1.82) is 0 Å². The van der Waals surface area contributed by atoms with E-state index in [9.17, 15) is 13.2 Å². The van der Waals surface area contributed by atoms with Gasteiger partial charge in [-0.15, -0.1) is 0 Å². The van der Waals surface area contributed by atoms with Crippen LogP contribution in [0.5, 0.6) is 0 Å². The van der Waals surface area contributed by atoms with E-state index in [0.29, 0.717) is 12.5 Å². The van der Waals surface area contributed by atoms with Crippen LogP contribution in [0.15, 0.2) is 0 Å². The molecule has 0 radical (unpaired) electrons. The Labute approximate surface area is 114 Å². The van der Waals surface area contributed by atoms with Gasteiger partial charge < -0.3 is 10.1 Å². The molecule has 1 rings (SSSR count). The number of nitrogens with one attached hydrogen (secondary N) is 1. The van der Waals surface area contributed by atoms with E-state index >= 15 is 0 Å². The van der Waals surface area contributed by atoms with Crippen LogP contribution in [0.3, 0.4) is 0 Å². The molecule has 114 valence electrons. The molecule has 1 unspecified atom stereocenters. The van der Waals surface area contributed by atoms with E-state index in [0.717, 1.165) is 25.3 Å². The zero-order valence-corrected chi connectivity index (χ0v) is 11.8. The van der Waals surface area contributed by atoms with Crippen molar-refractivity contribution >= 4 is 0 Å². The highest BCUT2D eigenvalue weighted by Crippen LogP contribution is 2.29. The fourth-order valence-corrected chi connectivity index (χ4v) is 2.71. The molecule has 2 nitrogen and oxygen atoms in total. The van der Waals surface area contributed by atoms with Crippen molar-refractivity contribution in [2.75, 3.05) is 19.8 Å². The van der Waals surface area contributed by atoms with Crippen molar-refractivity contribution in [3.63, 3.8) is 0 Å². The molecule has 1 aliphatic carbocycles. The van der Waals surface area contributed by atoms with Gasteiger partial charge in [0.05, 0.1) is 0 Å². The Morgan fingerprint density at radius 1 is 1.26 bits per heavy atom. The number of ether oxygens (including phenoxy) is 1. The molecule has 5 heteroatoms. The molecule has 1 saturated carbocycles. The molecule has 1 fully saturated rings.